The molecular weight excluding hydrogens is 340 g/mol. The minimum Gasteiger partial charge on any atom is -0.370 e. The van der Waals surface area contributed by atoms with Crippen LogP contribution in [0, 0.1) is 5.92 Å². The van der Waals surface area contributed by atoms with Crippen LogP contribution >= 0.6 is 0 Å². The maximum absolute atomic E-state index is 12.8. The van der Waals surface area contributed by atoms with Crippen LogP contribution in [0.3, 0.4) is 0 Å². The fourth-order valence-electron chi connectivity index (χ4n) is 3.56. The Morgan fingerprint density at radius 1 is 1.04 bits per heavy atom. The number of hydrogen-bond donors (Lipinski definition) is 1. The monoisotopic (exact) mass is 356 g/mol. The van der Waals surface area contributed by atoms with Crippen molar-refractivity contribution in [3.63, 3.8) is 0 Å². The molecule has 1 atom stereocenters. The Balaban J connectivity index is 1.61. The molecule has 9 heteroatoms. The number of carbonyl (C=O) groups excluding carboxylic acids is 5. The van der Waals surface area contributed by atoms with Crippen molar-refractivity contribution in [3.05, 3.63) is 29.3 Å². The molecule has 2 saturated heterocycles. The van der Waals surface area contributed by atoms with Gasteiger partial charge in [-0.3, -0.25) is 24.1 Å². The standard InChI is InChI=1S/C17H16N4O5/c18-21-14(23)4-3-13(17(21)26)20-15(24)11-2-1-10(5-12(11)16(20)25)19-6-9(7-19)8-22/h1-2,5,8-9,13H,3-4,6-7,18H2. The lowest BCUT2D eigenvalue weighted by molar-refractivity contribution is -0.151. The molecular formula is C17H16N4O5. The normalized spacial score (nSPS) is 23.4. The number of piperidine rings is 1. The summed E-state index contributed by atoms with van der Waals surface area (Å²) in [7, 11) is 0. The molecule has 0 saturated carbocycles. The van der Waals surface area contributed by atoms with Crippen molar-refractivity contribution in [1.82, 2.24) is 9.91 Å². The summed E-state index contributed by atoms with van der Waals surface area (Å²) in [5, 5.41) is 0.475. The fourth-order valence-corrected chi connectivity index (χ4v) is 3.56. The maximum atomic E-state index is 12.8. The SMILES string of the molecule is NN1C(=O)CCC(N2C(=O)c3ccc(N4CC(C=O)C4)cc3C2=O)C1=O. The van der Waals surface area contributed by atoms with Crippen LogP contribution < -0.4 is 10.7 Å². The number of anilines is 1. The highest BCUT2D eigenvalue weighted by Gasteiger charge is 2.46. The number of benzene rings is 1. The van der Waals surface area contributed by atoms with Gasteiger partial charge in [0.1, 0.15) is 12.3 Å². The van der Waals surface area contributed by atoms with Gasteiger partial charge in [-0.1, -0.05) is 0 Å². The van der Waals surface area contributed by atoms with Gasteiger partial charge in [0.2, 0.25) is 5.91 Å². The molecule has 0 aliphatic carbocycles. The Morgan fingerprint density at radius 2 is 1.73 bits per heavy atom. The van der Waals surface area contributed by atoms with Gasteiger partial charge < -0.3 is 9.69 Å². The van der Waals surface area contributed by atoms with Gasteiger partial charge in [-0.05, 0) is 24.6 Å². The molecule has 9 nitrogen and oxygen atoms in total. The first-order valence-corrected chi connectivity index (χ1v) is 8.26. The second kappa shape index (κ2) is 5.73. The Labute approximate surface area is 148 Å². The third-order valence-corrected chi connectivity index (χ3v) is 5.10. The molecule has 2 N–H and O–H groups in total. The lowest BCUT2D eigenvalue weighted by atomic mass is 9.99. The average Bonchev–Trinajstić information content (AvgIpc) is 2.83. The van der Waals surface area contributed by atoms with Crippen molar-refractivity contribution in [3.8, 4) is 0 Å². The van der Waals surface area contributed by atoms with E-state index in [-0.39, 0.29) is 29.9 Å². The Hall–Kier alpha value is -3.07. The molecule has 1 unspecified atom stereocenters. The third kappa shape index (κ3) is 2.24. The van der Waals surface area contributed by atoms with E-state index in [4.69, 9.17) is 5.84 Å². The van der Waals surface area contributed by atoms with Gasteiger partial charge in [-0.2, -0.15) is 0 Å². The van der Waals surface area contributed by atoms with E-state index in [2.05, 4.69) is 0 Å². The van der Waals surface area contributed by atoms with Gasteiger partial charge in [0, 0.05) is 31.1 Å². The highest BCUT2D eigenvalue weighted by Crippen LogP contribution is 2.33. The minimum absolute atomic E-state index is 0.00752. The molecule has 134 valence electrons. The average molecular weight is 356 g/mol. The zero-order valence-electron chi connectivity index (χ0n) is 13.8. The van der Waals surface area contributed by atoms with Crippen LogP contribution in [0.25, 0.3) is 0 Å². The predicted octanol–water partition coefficient (Wildman–Crippen LogP) is -0.691. The van der Waals surface area contributed by atoms with Crippen LogP contribution in [0.1, 0.15) is 33.6 Å². The number of imide groups is 2. The third-order valence-electron chi connectivity index (χ3n) is 5.10. The first-order chi connectivity index (χ1) is 12.4. The van der Waals surface area contributed by atoms with E-state index in [1.165, 1.54) is 0 Å². The summed E-state index contributed by atoms with van der Waals surface area (Å²) in [6.07, 6.45) is 0.956. The van der Waals surface area contributed by atoms with Crippen molar-refractivity contribution in [2.45, 2.75) is 18.9 Å². The van der Waals surface area contributed by atoms with Crippen LogP contribution in [-0.2, 0) is 14.4 Å². The van der Waals surface area contributed by atoms with E-state index in [1.807, 2.05) is 4.90 Å². The number of fused-ring (bicyclic) bond motifs is 1. The number of rotatable bonds is 3. The summed E-state index contributed by atoms with van der Waals surface area (Å²) >= 11 is 0. The van der Waals surface area contributed by atoms with Crippen molar-refractivity contribution in [2.24, 2.45) is 11.8 Å². The lowest BCUT2D eigenvalue weighted by Gasteiger charge is -2.38. The number of hydrogen-bond acceptors (Lipinski definition) is 7. The smallest absolute Gasteiger partial charge is 0.266 e. The van der Waals surface area contributed by atoms with Crippen LogP contribution in [0.5, 0.6) is 0 Å². The van der Waals surface area contributed by atoms with E-state index in [9.17, 15) is 24.0 Å². The van der Waals surface area contributed by atoms with E-state index >= 15 is 0 Å². The molecule has 3 aliphatic heterocycles. The molecule has 3 aliphatic rings. The number of nitrogens with two attached hydrogens (primary N) is 1. The topological polar surface area (TPSA) is 121 Å². The van der Waals surface area contributed by atoms with Gasteiger partial charge in [-0.15, -0.1) is 0 Å². The van der Waals surface area contributed by atoms with Crippen molar-refractivity contribution in [2.75, 3.05) is 18.0 Å². The van der Waals surface area contributed by atoms with Crippen LogP contribution in [0.2, 0.25) is 0 Å². The largest absolute Gasteiger partial charge is 0.370 e. The van der Waals surface area contributed by atoms with E-state index < -0.39 is 29.7 Å². The molecule has 4 rings (SSSR count). The summed E-state index contributed by atoms with van der Waals surface area (Å²) < 4.78 is 0. The number of nitrogens with zero attached hydrogens (tertiary/aromatic N) is 3. The number of hydrazine groups is 1. The summed E-state index contributed by atoms with van der Waals surface area (Å²) in [5.74, 6) is 2.99. The number of carbonyl (C=O) groups is 5. The Morgan fingerprint density at radius 3 is 2.42 bits per heavy atom. The van der Waals surface area contributed by atoms with E-state index in [1.54, 1.807) is 18.2 Å². The molecule has 4 amide bonds. The Bertz CT molecular complexity index is 861. The quantitative estimate of drug-likeness (QED) is 0.329. The molecule has 0 spiro atoms. The molecule has 0 radical (unpaired) electrons. The van der Waals surface area contributed by atoms with Gasteiger partial charge in [0.15, 0.2) is 0 Å². The first-order valence-electron chi connectivity index (χ1n) is 8.26. The Kier molecular flexibility index (Phi) is 3.62. The first kappa shape index (κ1) is 16.4. The number of aldehydes is 1. The van der Waals surface area contributed by atoms with Crippen molar-refractivity contribution >= 4 is 35.6 Å². The molecule has 2 fully saturated rings. The van der Waals surface area contributed by atoms with Crippen LogP contribution in [-0.4, -0.2) is 59.0 Å². The zero-order chi connectivity index (χ0) is 18.6. The molecule has 1 aromatic rings. The minimum atomic E-state index is -1.07. The lowest BCUT2D eigenvalue weighted by Crippen LogP contribution is -2.58. The van der Waals surface area contributed by atoms with Crippen LogP contribution in [0.15, 0.2) is 18.2 Å². The highest BCUT2D eigenvalue weighted by atomic mass is 16.2. The maximum Gasteiger partial charge on any atom is 0.266 e. The molecule has 26 heavy (non-hydrogen) atoms. The molecule has 0 bridgehead atoms. The molecule has 0 aromatic heterocycles. The summed E-state index contributed by atoms with van der Waals surface area (Å²) in [5.41, 5.74) is 1.19. The molecule has 1 aromatic carbocycles. The second-order valence-electron chi connectivity index (χ2n) is 6.67. The van der Waals surface area contributed by atoms with Gasteiger partial charge in [0.25, 0.3) is 17.7 Å². The van der Waals surface area contributed by atoms with Crippen molar-refractivity contribution in [1.29, 1.82) is 0 Å². The second-order valence-corrected chi connectivity index (χ2v) is 6.67. The van der Waals surface area contributed by atoms with Crippen molar-refractivity contribution < 1.29 is 24.0 Å². The predicted molar refractivity (Wildman–Crippen MR) is 87.8 cm³/mol. The van der Waals surface area contributed by atoms with E-state index in [0.29, 0.717) is 18.1 Å². The van der Waals surface area contributed by atoms with Gasteiger partial charge in [0.05, 0.1) is 11.1 Å². The summed E-state index contributed by atoms with van der Waals surface area (Å²) in [6.45, 7) is 1.14. The van der Waals surface area contributed by atoms with Gasteiger partial charge in [-0.25, -0.2) is 10.9 Å². The zero-order valence-corrected chi connectivity index (χ0v) is 13.8. The van der Waals surface area contributed by atoms with Gasteiger partial charge >= 0.3 is 0 Å². The van der Waals surface area contributed by atoms with E-state index in [0.717, 1.165) is 16.9 Å². The van der Waals surface area contributed by atoms with Crippen LogP contribution in [0.4, 0.5) is 5.69 Å². The fraction of sp³-hybridized carbons (Fsp3) is 0.353. The summed E-state index contributed by atoms with van der Waals surface area (Å²) in [4.78, 5) is 62.8. The number of amides is 4. The highest BCUT2D eigenvalue weighted by molar-refractivity contribution is 6.23. The summed E-state index contributed by atoms with van der Waals surface area (Å²) in [6, 6.07) is 3.81. The molecule has 3 heterocycles.